The van der Waals surface area contributed by atoms with Crippen LogP contribution in [0.2, 0.25) is 0 Å². The molecule has 0 aliphatic carbocycles. The van der Waals surface area contributed by atoms with Crippen molar-refractivity contribution < 1.29 is 42.1 Å². The lowest BCUT2D eigenvalue weighted by atomic mass is 10.0. The topological polar surface area (TPSA) is 108 Å². The van der Waals surface area contributed by atoms with Crippen LogP contribution in [0.25, 0.3) is 0 Å². The minimum Gasteiger partial charge on any atom is -0.462 e. The maximum Gasteiger partial charge on any atom is 0.472 e. The van der Waals surface area contributed by atoms with Crippen LogP contribution < -0.4 is 0 Å². The first-order valence-electron chi connectivity index (χ1n) is 41.9. The summed E-state index contributed by atoms with van der Waals surface area (Å²) in [6.07, 6.45) is 95.4. The average molecular weight is 1340 g/mol. The number of allylic oxidation sites excluding steroid dienone is 2. The van der Waals surface area contributed by atoms with Gasteiger partial charge in [-0.25, -0.2) is 4.57 Å². The lowest BCUT2D eigenvalue weighted by Crippen LogP contribution is -2.37. The van der Waals surface area contributed by atoms with Gasteiger partial charge in [0.2, 0.25) is 0 Å². The highest BCUT2D eigenvalue weighted by Crippen LogP contribution is 2.43. The van der Waals surface area contributed by atoms with Crippen LogP contribution in [0.1, 0.15) is 457 Å². The van der Waals surface area contributed by atoms with E-state index >= 15 is 0 Å². The molecule has 2 atom stereocenters. The number of hydrogen-bond donors (Lipinski definition) is 1. The SMILES string of the molecule is CCCCCCCCCCC=CCCCCCCCCCCCCCCCCCCCC(=O)OC(COC(=O)CCCCCCCCCCCCCCCCCCCCCCCCCCCCCCCCCCCCCCCCCC)COP(=O)(O)OCC[N+](C)(C)C. The molecule has 0 aromatic rings. The third-order valence-corrected chi connectivity index (χ3v) is 20.5. The number of likely N-dealkylation sites (N-methyl/N-ethyl adjacent to an activating group) is 1. The van der Waals surface area contributed by atoms with Crippen molar-refractivity contribution >= 4 is 19.8 Å². The molecule has 1 N–H and O–H groups in total. The molecular weight excluding hydrogens is 1170 g/mol. The smallest absolute Gasteiger partial charge is 0.462 e. The summed E-state index contributed by atoms with van der Waals surface area (Å²) in [7, 11) is 1.51. The lowest BCUT2D eigenvalue weighted by Gasteiger charge is -2.24. The second kappa shape index (κ2) is 75.0. The number of unbranched alkanes of at least 4 members (excludes halogenated alkanes) is 64. The summed E-state index contributed by atoms with van der Waals surface area (Å²) in [6.45, 7) is 4.53. The highest BCUT2D eigenvalue weighted by atomic mass is 31.2. The molecule has 0 spiro atoms. The first-order valence-corrected chi connectivity index (χ1v) is 43.4. The normalized spacial score (nSPS) is 13.0. The van der Waals surface area contributed by atoms with Crippen molar-refractivity contribution in [3.8, 4) is 0 Å². The second-order valence-corrected chi connectivity index (χ2v) is 31.7. The van der Waals surface area contributed by atoms with E-state index in [2.05, 4.69) is 26.0 Å². The predicted octanol–water partition coefficient (Wildman–Crippen LogP) is 27.8. The van der Waals surface area contributed by atoms with Crippen LogP contribution in [-0.4, -0.2) is 74.9 Å². The van der Waals surface area contributed by atoms with Crippen LogP contribution in [0, 0.1) is 0 Å². The average Bonchev–Trinajstić information content (AvgIpc) is 2.61. The number of carbonyl (C=O) groups excluding carboxylic acids is 2. The molecule has 0 fully saturated rings. The molecule has 0 aliphatic heterocycles. The number of nitrogens with zero attached hydrogens (tertiary/aromatic N) is 1. The summed E-state index contributed by atoms with van der Waals surface area (Å²) in [6, 6.07) is 0. The number of quaternary nitrogens is 1. The molecule has 0 bridgehead atoms. The number of hydrogen-bond acceptors (Lipinski definition) is 7. The van der Waals surface area contributed by atoms with Gasteiger partial charge in [0.1, 0.15) is 19.8 Å². The zero-order valence-electron chi connectivity index (χ0n) is 63.6. The molecule has 0 aromatic heterocycles. The van der Waals surface area contributed by atoms with Gasteiger partial charge < -0.3 is 18.9 Å². The number of ether oxygens (including phenoxy) is 2. The summed E-state index contributed by atoms with van der Waals surface area (Å²) in [4.78, 5) is 36.0. The molecule has 0 saturated carbocycles. The highest BCUT2D eigenvalue weighted by Gasteiger charge is 2.27. The molecule has 554 valence electrons. The third-order valence-electron chi connectivity index (χ3n) is 19.5. The van der Waals surface area contributed by atoms with Gasteiger partial charge in [-0.1, -0.05) is 418 Å². The molecule has 93 heavy (non-hydrogen) atoms. The van der Waals surface area contributed by atoms with E-state index in [0.29, 0.717) is 17.4 Å². The molecule has 9 nitrogen and oxygen atoms in total. The van der Waals surface area contributed by atoms with Crippen LogP contribution in [0.3, 0.4) is 0 Å². The van der Waals surface area contributed by atoms with Gasteiger partial charge in [-0.2, -0.15) is 0 Å². The molecule has 10 heteroatoms. The van der Waals surface area contributed by atoms with Crippen LogP contribution >= 0.6 is 7.82 Å². The second-order valence-electron chi connectivity index (χ2n) is 30.2. The van der Waals surface area contributed by atoms with Gasteiger partial charge in [0, 0.05) is 12.8 Å². The number of carbonyl (C=O) groups is 2. The fourth-order valence-electron chi connectivity index (χ4n) is 13.1. The Kier molecular flexibility index (Phi) is 74.0. The van der Waals surface area contributed by atoms with E-state index in [1.165, 1.54) is 392 Å². The van der Waals surface area contributed by atoms with E-state index in [4.69, 9.17) is 18.5 Å². The highest BCUT2D eigenvalue weighted by molar-refractivity contribution is 7.47. The Morgan fingerprint density at radius 1 is 0.323 bits per heavy atom. The van der Waals surface area contributed by atoms with E-state index in [0.717, 1.165) is 38.5 Å². The standard InChI is InChI=1S/C83H164NO8P/c1-6-8-10-12-14-16-18-20-22-24-26-28-30-32-34-36-37-38-39-40-41-42-43-44-45-46-48-49-51-53-55-57-59-61-63-65-67-69-71-73-75-82(85)89-79-81(80-91-93(87,88)90-78-77-84(3,4)5)92-83(86)76-74-72-70-68-66-64-62-60-58-56-54-52-50-47-35-33-31-29-27-25-23-21-19-17-15-13-11-9-7-2/h25,27,81H,6-24,26,28-80H2,1-5H3/p+1. The van der Waals surface area contributed by atoms with E-state index in [-0.39, 0.29) is 25.6 Å². The van der Waals surface area contributed by atoms with Crippen molar-refractivity contribution in [1.82, 2.24) is 0 Å². The van der Waals surface area contributed by atoms with Gasteiger partial charge in [0.25, 0.3) is 0 Å². The summed E-state index contributed by atoms with van der Waals surface area (Å²) < 4.78 is 34.9. The summed E-state index contributed by atoms with van der Waals surface area (Å²) in [5, 5.41) is 0. The van der Waals surface area contributed by atoms with Gasteiger partial charge in [-0.15, -0.1) is 0 Å². The molecule has 0 rings (SSSR count). The minimum atomic E-state index is -4.39. The number of phosphoric ester groups is 1. The van der Waals surface area contributed by atoms with Crippen molar-refractivity contribution in [3.63, 3.8) is 0 Å². The Balaban J connectivity index is 3.84. The summed E-state index contributed by atoms with van der Waals surface area (Å²) in [5.74, 6) is -0.767. The van der Waals surface area contributed by atoms with Crippen molar-refractivity contribution in [2.24, 2.45) is 0 Å². The van der Waals surface area contributed by atoms with E-state index < -0.39 is 26.5 Å². The minimum absolute atomic E-state index is 0.0367. The van der Waals surface area contributed by atoms with Gasteiger partial charge in [-0.05, 0) is 38.5 Å². The monoisotopic (exact) mass is 1340 g/mol. The molecule has 0 saturated heterocycles. The Morgan fingerprint density at radius 3 is 0.796 bits per heavy atom. The van der Waals surface area contributed by atoms with Gasteiger partial charge in [0.05, 0.1) is 27.7 Å². The molecular formula is C83H165NO8P+. The van der Waals surface area contributed by atoms with E-state index in [1.54, 1.807) is 0 Å². The van der Waals surface area contributed by atoms with E-state index in [1.807, 2.05) is 21.1 Å². The molecule has 0 amide bonds. The zero-order chi connectivity index (χ0) is 67.6. The first kappa shape index (κ1) is 91.8. The van der Waals surface area contributed by atoms with Crippen LogP contribution in [-0.2, 0) is 32.7 Å². The Hall–Kier alpha value is -1.25. The first-order chi connectivity index (χ1) is 45.5. The van der Waals surface area contributed by atoms with Crippen molar-refractivity contribution in [1.29, 1.82) is 0 Å². The fourth-order valence-corrected chi connectivity index (χ4v) is 13.9. The number of esters is 2. The maximum absolute atomic E-state index is 12.9. The van der Waals surface area contributed by atoms with Crippen LogP contribution in [0.15, 0.2) is 12.2 Å². The summed E-state index contributed by atoms with van der Waals surface area (Å²) >= 11 is 0. The molecule has 0 radical (unpaired) electrons. The van der Waals surface area contributed by atoms with Gasteiger partial charge >= 0.3 is 19.8 Å². The largest absolute Gasteiger partial charge is 0.472 e. The lowest BCUT2D eigenvalue weighted by molar-refractivity contribution is -0.870. The Labute approximate surface area is 581 Å². The number of rotatable bonds is 80. The Morgan fingerprint density at radius 2 is 0.548 bits per heavy atom. The number of phosphoric acid groups is 1. The van der Waals surface area contributed by atoms with Crippen LogP contribution in [0.4, 0.5) is 0 Å². The molecule has 0 heterocycles. The Bertz CT molecular complexity index is 1570. The summed E-state index contributed by atoms with van der Waals surface area (Å²) in [5.41, 5.74) is 0. The quantitative estimate of drug-likeness (QED) is 0.0211. The van der Waals surface area contributed by atoms with Crippen molar-refractivity contribution in [2.75, 3.05) is 47.5 Å². The van der Waals surface area contributed by atoms with Crippen molar-refractivity contribution in [2.45, 2.75) is 463 Å². The predicted molar refractivity (Wildman–Crippen MR) is 405 cm³/mol. The van der Waals surface area contributed by atoms with Gasteiger partial charge in [-0.3, -0.25) is 18.6 Å². The molecule has 0 aromatic carbocycles. The van der Waals surface area contributed by atoms with Crippen LogP contribution in [0.5, 0.6) is 0 Å². The zero-order valence-corrected chi connectivity index (χ0v) is 64.4. The maximum atomic E-state index is 12.9. The molecule has 2 unspecified atom stereocenters. The van der Waals surface area contributed by atoms with Gasteiger partial charge in [0.15, 0.2) is 6.10 Å². The third kappa shape index (κ3) is 79.6. The van der Waals surface area contributed by atoms with Crippen molar-refractivity contribution in [3.05, 3.63) is 12.2 Å². The fraction of sp³-hybridized carbons (Fsp3) is 0.952. The van der Waals surface area contributed by atoms with E-state index in [9.17, 15) is 19.0 Å². The molecule has 0 aliphatic rings.